The van der Waals surface area contributed by atoms with Crippen LogP contribution in [-0.4, -0.2) is 37.1 Å². The van der Waals surface area contributed by atoms with Crippen molar-refractivity contribution in [2.75, 3.05) is 19.7 Å². The van der Waals surface area contributed by atoms with E-state index in [2.05, 4.69) is 80.5 Å². The highest BCUT2D eigenvalue weighted by molar-refractivity contribution is 5.72. The van der Waals surface area contributed by atoms with E-state index in [-0.39, 0.29) is 6.61 Å². The number of aliphatic hydroxyl groups excluding tert-OH is 1. The minimum atomic E-state index is 0.216. The summed E-state index contributed by atoms with van der Waals surface area (Å²) in [6.45, 7) is 11.0. The van der Waals surface area contributed by atoms with Gasteiger partial charge in [-0.3, -0.25) is 4.99 Å². The number of aliphatic imine (C=N–C) groups is 1. The fourth-order valence-electron chi connectivity index (χ4n) is 4.44. The molecular formula is C29H44N2O. The summed E-state index contributed by atoms with van der Waals surface area (Å²) in [5, 5.41) is 12.9. The maximum Gasteiger partial charge on any atom is 0.0471 e. The smallest absolute Gasteiger partial charge is 0.0471 e. The average Bonchev–Trinajstić information content (AvgIpc) is 2.79. The Hall–Kier alpha value is -1.97. The molecule has 3 heteroatoms. The molecule has 0 saturated carbocycles. The van der Waals surface area contributed by atoms with Gasteiger partial charge in [-0.1, -0.05) is 61.4 Å². The molecule has 2 atom stereocenters. The standard InChI is InChI=1S/C29H44N2O/c1-5-10-28-23(3)14-15-24(4)29(28)31-22-25(6-2)16-19-30-18-8-7-11-26-12-9-13-27(21-26)17-20-32/h5,9-10,12-13,16,19,21,24,29,31-32H,6-8,11,14-15,17-18,20,22H2,1-4H3/b10-5-,25-16+,30-19?. The third-order valence-corrected chi connectivity index (χ3v) is 6.53. The molecule has 0 heterocycles. The second kappa shape index (κ2) is 15.0. The predicted octanol–water partition coefficient (Wildman–Crippen LogP) is 6.23. The highest BCUT2D eigenvalue weighted by atomic mass is 16.2. The van der Waals surface area contributed by atoms with Crippen molar-refractivity contribution in [3.8, 4) is 0 Å². The largest absolute Gasteiger partial charge is 0.396 e. The van der Waals surface area contributed by atoms with Crippen molar-refractivity contribution in [1.29, 1.82) is 0 Å². The van der Waals surface area contributed by atoms with E-state index >= 15 is 0 Å². The first-order valence-corrected chi connectivity index (χ1v) is 12.5. The Morgan fingerprint density at radius 1 is 1.22 bits per heavy atom. The zero-order valence-corrected chi connectivity index (χ0v) is 20.7. The van der Waals surface area contributed by atoms with Crippen molar-refractivity contribution in [3.05, 3.63) is 70.3 Å². The molecule has 2 rings (SSSR count). The molecule has 0 aliphatic heterocycles. The van der Waals surface area contributed by atoms with E-state index in [0.717, 1.165) is 45.2 Å². The molecule has 0 saturated heterocycles. The van der Waals surface area contributed by atoms with Gasteiger partial charge in [-0.05, 0) is 87.5 Å². The Bertz CT molecular complexity index is 803. The predicted molar refractivity (Wildman–Crippen MR) is 140 cm³/mol. The van der Waals surface area contributed by atoms with Gasteiger partial charge in [-0.15, -0.1) is 0 Å². The first kappa shape index (κ1) is 26.3. The summed E-state index contributed by atoms with van der Waals surface area (Å²) in [7, 11) is 0. The maximum absolute atomic E-state index is 9.09. The molecule has 0 spiro atoms. The Kier molecular flexibility index (Phi) is 12.3. The van der Waals surface area contributed by atoms with Crippen LogP contribution in [0.4, 0.5) is 0 Å². The maximum atomic E-state index is 9.09. The van der Waals surface area contributed by atoms with Gasteiger partial charge in [0.1, 0.15) is 0 Å². The summed E-state index contributed by atoms with van der Waals surface area (Å²) in [6.07, 6.45) is 16.3. The lowest BCUT2D eigenvalue weighted by atomic mass is 9.80. The molecule has 32 heavy (non-hydrogen) atoms. The van der Waals surface area contributed by atoms with Gasteiger partial charge in [0.15, 0.2) is 0 Å². The number of unbranched alkanes of at least 4 members (excludes halogenated alkanes) is 1. The lowest BCUT2D eigenvalue weighted by Gasteiger charge is -2.33. The van der Waals surface area contributed by atoms with Gasteiger partial charge in [-0.2, -0.15) is 0 Å². The second-order valence-electron chi connectivity index (χ2n) is 9.09. The number of aryl methyl sites for hydroxylation is 1. The van der Waals surface area contributed by atoms with E-state index < -0.39 is 0 Å². The van der Waals surface area contributed by atoms with E-state index in [9.17, 15) is 0 Å². The van der Waals surface area contributed by atoms with Crippen LogP contribution < -0.4 is 5.32 Å². The molecule has 0 radical (unpaired) electrons. The van der Waals surface area contributed by atoms with Gasteiger partial charge < -0.3 is 10.4 Å². The van der Waals surface area contributed by atoms with E-state index in [1.54, 1.807) is 0 Å². The summed E-state index contributed by atoms with van der Waals surface area (Å²) in [5.41, 5.74) is 7.00. The second-order valence-corrected chi connectivity index (χ2v) is 9.09. The molecule has 1 aromatic carbocycles. The molecular weight excluding hydrogens is 392 g/mol. The van der Waals surface area contributed by atoms with E-state index in [1.165, 1.54) is 40.7 Å². The number of allylic oxidation sites excluding steroid dienone is 3. The Morgan fingerprint density at radius 3 is 2.72 bits per heavy atom. The van der Waals surface area contributed by atoms with Gasteiger partial charge in [0, 0.05) is 32.0 Å². The van der Waals surface area contributed by atoms with Crippen LogP contribution in [0.1, 0.15) is 70.9 Å². The van der Waals surface area contributed by atoms with Gasteiger partial charge in [0.2, 0.25) is 0 Å². The van der Waals surface area contributed by atoms with E-state index in [4.69, 9.17) is 5.11 Å². The van der Waals surface area contributed by atoms with Crippen molar-refractivity contribution in [2.24, 2.45) is 10.9 Å². The molecule has 176 valence electrons. The number of hydrogen-bond acceptors (Lipinski definition) is 3. The Labute approximate surface area is 196 Å². The number of nitrogens with zero attached hydrogens (tertiary/aromatic N) is 1. The molecule has 1 aliphatic rings. The molecule has 0 fully saturated rings. The lowest BCUT2D eigenvalue weighted by Crippen LogP contribution is -2.40. The molecule has 2 unspecified atom stereocenters. The monoisotopic (exact) mass is 436 g/mol. The minimum Gasteiger partial charge on any atom is -0.396 e. The summed E-state index contributed by atoms with van der Waals surface area (Å²) in [5.74, 6) is 0.668. The number of aliphatic hydroxyl groups is 1. The van der Waals surface area contributed by atoms with Crippen molar-refractivity contribution in [3.63, 3.8) is 0 Å². The van der Waals surface area contributed by atoms with Gasteiger partial charge >= 0.3 is 0 Å². The topological polar surface area (TPSA) is 44.6 Å². The minimum absolute atomic E-state index is 0.216. The van der Waals surface area contributed by atoms with Crippen molar-refractivity contribution >= 4 is 6.21 Å². The molecule has 1 aromatic rings. The first-order valence-electron chi connectivity index (χ1n) is 12.5. The number of hydrogen-bond donors (Lipinski definition) is 2. The summed E-state index contributed by atoms with van der Waals surface area (Å²) in [6, 6.07) is 9.02. The van der Waals surface area contributed by atoms with Crippen molar-refractivity contribution < 1.29 is 5.11 Å². The van der Waals surface area contributed by atoms with Crippen molar-refractivity contribution in [2.45, 2.75) is 78.7 Å². The summed E-state index contributed by atoms with van der Waals surface area (Å²) >= 11 is 0. The Morgan fingerprint density at radius 2 is 2.00 bits per heavy atom. The average molecular weight is 437 g/mol. The van der Waals surface area contributed by atoms with Crippen LogP contribution in [0.5, 0.6) is 0 Å². The van der Waals surface area contributed by atoms with Crippen LogP contribution in [0, 0.1) is 5.92 Å². The summed E-state index contributed by atoms with van der Waals surface area (Å²) in [4.78, 5) is 4.62. The summed E-state index contributed by atoms with van der Waals surface area (Å²) < 4.78 is 0. The van der Waals surface area contributed by atoms with E-state index in [1.807, 2.05) is 6.21 Å². The van der Waals surface area contributed by atoms with Crippen molar-refractivity contribution in [1.82, 2.24) is 5.32 Å². The molecule has 0 amide bonds. The number of benzene rings is 1. The van der Waals surface area contributed by atoms with Gasteiger partial charge in [0.05, 0.1) is 0 Å². The highest BCUT2D eigenvalue weighted by Crippen LogP contribution is 2.30. The molecule has 2 N–H and O–H groups in total. The fourth-order valence-corrected chi connectivity index (χ4v) is 4.44. The SMILES string of the molecule is C/C=C\C1=C(C)CCC(C)C1NC/C(=C/C=NCCCCc1cccc(CCO)c1)CC. The molecule has 0 aromatic heterocycles. The van der Waals surface area contributed by atoms with Gasteiger partial charge in [0.25, 0.3) is 0 Å². The van der Waals surface area contributed by atoms with Gasteiger partial charge in [-0.25, -0.2) is 0 Å². The number of nitrogens with one attached hydrogen (secondary N) is 1. The normalized spacial score (nSPS) is 20.1. The zero-order valence-electron chi connectivity index (χ0n) is 20.7. The number of rotatable bonds is 13. The quantitative estimate of drug-likeness (QED) is 0.284. The molecule has 3 nitrogen and oxygen atoms in total. The third-order valence-electron chi connectivity index (χ3n) is 6.53. The lowest BCUT2D eigenvalue weighted by molar-refractivity contribution is 0.299. The molecule has 0 bridgehead atoms. The van der Waals surface area contributed by atoms with Crippen LogP contribution in [0.3, 0.4) is 0 Å². The van der Waals surface area contributed by atoms with E-state index in [0.29, 0.717) is 12.0 Å². The van der Waals surface area contributed by atoms with Crippen LogP contribution >= 0.6 is 0 Å². The van der Waals surface area contributed by atoms with Crippen LogP contribution in [0.25, 0.3) is 0 Å². The highest BCUT2D eigenvalue weighted by Gasteiger charge is 2.25. The van der Waals surface area contributed by atoms with Crippen LogP contribution in [0.2, 0.25) is 0 Å². The van der Waals surface area contributed by atoms with Crippen LogP contribution in [0.15, 0.2) is 64.2 Å². The fraction of sp³-hybridized carbons (Fsp3) is 0.552. The Balaban J connectivity index is 1.76. The molecule has 1 aliphatic carbocycles. The third kappa shape index (κ3) is 8.88. The zero-order chi connectivity index (χ0) is 23.2. The van der Waals surface area contributed by atoms with Crippen LogP contribution in [-0.2, 0) is 12.8 Å². The first-order chi connectivity index (χ1) is 15.6.